The van der Waals surface area contributed by atoms with Gasteiger partial charge in [0.05, 0.1) is 4.90 Å². The molecule has 2 bridgehead atoms. The van der Waals surface area contributed by atoms with E-state index < -0.39 is 10.0 Å². The van der Waals surface area contributed by atoms with E-state index in [1.807, 2.05) is 6.07 Å². The molecule has 2 N–H and O–H groups in total. The van der Waals surface area contributed by atoms with Crippen molar-refractivity contribution in [2.45, 2.75) is 69.4 Å². The number of fused-ring (bicyclic) bond motifs is 3. The zero-order valence-electron chi connectivity index (χ0n) is 20.9. The molecule has 0 radical (unpaired) electrons. The maximum Gasteiger partial charge on any atom is 0.240 e. The number of rotatable bonds is 6. The van der Waals surface area contributed by atoms with Gasteiger partial charge in [0.1, 0.15) is 0 Å². The van der Waals surface area contributed by atoms with Crippen LogP contribution >= 0.6 is 0 Å². The maximum absolute atomic E-state index is 13.0. The normalized spacial score (nSPS) is 21.9. The molecule has 3 atom stereocenters. The summed E-state index contributed by atoms with van der Waals surface area (Å²) in [5, 5.41) is 3.59. The summed E-state index contributed by atoms with van der Waals surface area (Å²) in [5.74, 6) is 0.680. The smallest absolute Gasteiger partial charge is 0.240 e. The van der Waals surface area contributed by atoms with Crippen LogP contribution in [0.25, 0.3) is 0 Å². The Hall–Kier alpha value is -2.63. The average molecular weight is 489 g/mol. The van der Waals surface area contributed by atoms with Crippen molar-refractivity contribution in [3.05, 3.63) is 95.1 Å². The topological polar surface area (TPSA) is 58.2 Å². The lowest BCUT2D eigenvalue weighted by molar-refractivity contribution is 0.386. The van der Waals surface area contributed by atoms with Gasteiger partial charge in [-0.05, 0) is 89.5 Å². The van der Waals surface area contributed by atoms with Gasteiger partial charge in [0.2, 0.25) is 10.0 Å². The molecule has 184 valence electrons. The fourth-order valence-electron chi connectivity index (χ4n) is 5.69. The number of benzene rings is 3. The van der Waals surface area contributed by atoms with Crippen molar-refractivity contribution in [1.29, 1.82) is 0 Å². The zero-order valence-corrected chi connectivity index (χ0v) is 21.7. The second-order valence-electron chi connectivity index (χ2n) is 11.2. The van der Waals surface area contributed by atoms with Crippen molar-refractivity contribution in [1.82, 2.24) is 4.72 Å². The molecule has 0 amide bonds. The summed E-state index contributed by atoms with van der Waals surface area (Å²) in [6, 6.07) is 24.3. The van der Waals surface area contributed by atoms with E-state index in [0.29, 0.717) is 16.7 Å². The number of sulfonamides is 1. The second kappa shape index (κ2) is 9.44. The highest BCUT2D eigenvalue weighted by Gasteiger charge is 2.41. The van der Waals surface area contributed by atoms with Crippen molar-refractivity contribution in [2.75, 3.05) is 5.32 Å². The Balaban J connectivity index is 1.28. The van der Waals surface area contributed by atoms with E-state index in [1.54, 1.807) is 24.3 Å². The van der Waals surface area contributed by atoms with Gasteiger partial charge >= 0.3 is 0 Å². The number of hydrogen-bond donors (Lipinski definition) is 2. The van der Waals surface area contributed by atoms with E-state index in [9.17, 15) is 8.42 Å². The Morgan fingerprint density at radius 1 is 0.829 bits per heavy atom. The Kier molecular flexibility index (Phi) is 6.49. The van der Waals surface area contributed by atoms with Gasteiger partial charge in [-0.25, -0.2) is 13.1 Å². The van der Waals surface area contributed by atoms with Crippen LogP contribution in [0, 0.1) is 11.8 Å². The molecule has 3 aromatic rings. The lowest BCUT2D eigenvalue weighted by Gasteiger charge is -2.23. The summed E-state index contributed by atoms with van der Waals surface area (Å²) in [6.07, 6.45) is 4.01. The minimum atomic E-state index is -3.51. The van der Waals surface area contributed by atoms with Crippen LogP contribution in [0.4, 0.5) is 5.69 Å². The molecular weight excluding hydrogens is 452 g/mol. The van der Waals surface area contributed by atoms with Gasteiger partial charge in [-0.3, -0.25) is 0 Å². The standard InChI is InChI=1S/C30H36N2O2S/c1-30(2,3)26-14-9-21(10-15-26)20-31-27-16-13-22-17-23-11-12-24(18-25(22)19-27)29(23)32-35(33,34)28-7-5-4-6-8-28/h4-10,13-16,19,23-24,29,31-32H,11-12,17-18,20H2,1-3H3. The predicted octanol–water partition coefficient (Wildman–Crippen LogP) is 6.07. The van der Waals surface area contributed by atoms with Crippen LogP contribution in [0.3, 0.4) is 0 Å². The molecule has 2 aliphatic rings. The molecular formula is C30H36N2O2S. The number of anilines is 1. The van der Waals surface area contributed by atoms with Gasteiger partial charge in [0, 0.05) is 18.3 Å². The van der Waals surface area contributed by atoms with Crippen LogP contribution in [-0.2, 0) is 34.8 Å². The maximum atomic E-state index is 13.0. The third-order valence-corrected chi connectivity index (χ3v) is 9.23. The molecule has 5 rings (SSSR count). The highest BCUT2D eigenvalue weighted by molar-refractivity contribution is 7.89. The fraction of sp³-hybridized carbons (Fsp3) is 0.400. The lowest BCUT2D eigenvalue weighted by Crippen LogP contribution is -2.41. The van der Waals surface area contributed by atoms with Crippen LogP contribution in [0.1, 0.15) is 55.9 Å². The summed E-state index contributed by atoms with van der Waals surface area (Å²) in [4.78, 5) is 0.350. The summed E-state index contributed by atoms with van der Waals surface area (Å²) >= 11 is 0. The first-order valence-corrected chi connectivity index (χ1v) is 14.2. The average Bonchev–Trinajstić information content (AvgIpc) is 3.11. The zero-order chi connectivity index (χ0) is 24.6. The van der Waals surface area contributed by atoms with Gasteiger partial charge in [-0.15, -0.1) is 0 Å². The first-order valence-electron chi connectivity index (χ1n) is 12.7. The summed E-state index contributed by atoms with van der Waals surface area (Å²) in [5.41, 5.74) is 6.62. The lowest BCUT2D eigenvalue weighted by atomic mass is 9.87. The Morgan fingerprint density at radius 3 is 2.14 bits per heavy atom. The van der Waals surface area contributed by atoms with E-state index in [4.69, 9.17) is 0 Å². The van der Waals surface area contributed by atoms with Crippen LogP contribution in [0.15, 0.2) is 77.7 Å². The largest absolute Gasteiger partial charge is 0.381 e. The molecule has 1 fully saturated rings. The van der Waals surface area contributed by atoms with Crippen LogP contribution in [-0.4, -0.2) is 14.5 Å². The van der Waals surface area contributed by atoms with Gasteiger partial charge in [0.15, 0.2) is 0 Å². The van der Waals surface area contributed by atoms with E-state index in [2.05, 4.69) is 73.3 Å². The highest BCUT2D eigenvalue weighted by atomic mass is 32.2. The van der Waals surface area contributed by atoms with Crippen molar-refractivity contribution in [3.63, 3.8) is 0 Å². The predicted molar refractivity (Wildman–Crippen MR) is 143 cm³/mol. The van der Waals surface area contributed by atoms with Gasteiger partial charge in [0.25, 0.3) is 0 Å². The van der Waals surface area contributed by atoms with Crippen LogP contribution in [0.5, 0.6) is 0 Å². The first kappa shape index (κ1) is 24.1. The molecule has 0 spiro atoms. The molecule has 3 aromatic carbocycles. The van der Waals surface area contributed by atoms with Crippen LogP contribution < -0.4 is 10.0 Å². The van der Waals surface area contributed by atoms with E-state index in [1.165, 1.54) is 22.3 Å². The number of hydrogen-bond acceptors (Lipinski definition) is 3. The quantitative estimate of drug-likeness (QED) is 0.443. The van der Waals surface area contributed by atoms with E-state index in [-0.39, 0.29) is 11.5 Å². The second-order valence-corrected chi connectivity index (χ2v) is 13.0. The third-order valence-electron chi connectivity index (χ3n) is 7.76. The molecule has 1 saturated carbocycles. The molecule has 5 heteroatoms. The van der Waals surface area contributed by atoms with E-state index in [0.717, 1.165) is 37.9 Å². The SMILES string of the molecule is CC(C)(C)c1ccc(CNc2ccc3c(c2)CC2CCC(C3)C2NS(=O)(=O)c2ccccc2)cc1. The molecule has 0 heterocycles. The Morgan fingerprint density at radius 2 is 1.49 bits per heavy atom. The minimum absolute atomic E-state index is 0.00894. The number of nitrogens with one attached hydrogen (secondary N) is 2. The first-order chi connectivity index (χ1) is 16.7. The van der Waals surface area contributed by atoms with Gasteiger partial charge in [-0.2, -0.15) is 0 Å². The molecule has 3 unspecified atom stereocenters. The summed E-state index contributed by atoms with van der Waals surface area (Å²) in [7, 11) is -3.51. The molecule has 35 heavy (non-hydrogen) atoms. The van der Waals surface area contributed by atoms with Crippen molar-refractivity contribution in [3.8, 4) is 0 Å². The monoisotopic (exact) mass is 488 g/mol. The van der Waals surface area contributed by atoms with Gasteiger partial charge < -0.3 is 5.32 Å². The Labute approximate surface area is 210 Å². The van der Waals surface area contributed by atoms with Gasteiger partial charge in [-0.1, -0.05) is 69.3 Å². The minimum Gasteiger partial charge on any atom is -0.381 e. The summed E-state index contributed by atoms with van der Waals surface area (Å²) < 4.78 is 29.1. The van der Waals surface area contributed by atoms with Crippen molar-refractivity contribution < 1.29 is 8.42 Å². The Bertz CT molecular complexity index is 1280. The third kappa shape index (κ3) is 5.31. The van der Waals surface area contributed by atoms with E-state index >= 15 is 0 Å². The van der Waals surface area contributed by atoms with Crippen molar-refractivity contribution in [2.24, 2.45) is 11.8 Å². The van der Waals surface area contributed by atoms with Crippen LogP contribution in [0.2, 0.25) is 0 Å². The van der Waals surface area contributed by atoms with Crippen molar-refractivity contribution >= 4 is 15.7 Å². The molecule has 0 aliphatic heterocycles. The molecule has 2 aliphatic carbocycles. The summed E-state index contributed by atoms with van der Waals surface area (Å²) in [6.45, 7) is 7.49. The molecule has 4 nitrogen and oxygen atoms in total. The fourth-order valence-corrected chi connectivity index (χ4v) is 7.08. The molecule has 0 saturated heterocycles. The highest BCUT2D eigenvalue weighted by Crippen LogP contribution is 2.41. The molecule has 0 aromatic heterocycles.